The summed E-state index contributed by atoms with van der Waals surface area (Å²) in [6.45, 7) is -0.148. The zero-order valence-corrected chi connectivity index (χ0v) is 15.7. The maximum Gasteiger partial charge on any atom is 0.232 e. The van der Waals surface area contributed by atoms with Crippen molar-refractivity contribution in [2.45, 2.75) is 18.9 Å². The van der Waals surface area contributed by atoms with Gasteiger partial charge >= 0.3 is 0 Å². The Morgan fingerprint density at radius 3 is 2.56 bits per heavy atom. The predicted octanol–water partition coefficient (Wildman–Crippen LogP) is 0.627. The summed E-state index contributed by atoms with van der Waals surface area (Å²) in [5.41, 5.74) is 0.140. The molecule has 1 saturated heterocycles. The summed E-state index contributed by atoms with van der Waals surface area (Å²) in [4.78, 5) is 13.7. The molecule has 10 heteroatoms. The molecule has 0 saturated carbocycles. The fourth-order valence-corrected chi connectivity index (χ4v) is 5.47. The topological polar surface area (TPSA) is 91.8 Å². The molecule has 1 fully saturated rings. The first-order valence-electron chi connectivity index (χ1n) is 7.69. The number of benzene rings is 1. The number of halogens is 1. The maximum absolute atomic E-state index is 13.4. The van der Waals surface area contributed by atoms with Crippen molar-refractivity contribution in [3.05, 3.63) is 30.1 Å². The van der Waals surface area contributed by atoms with E-state index in [0.717, 1.165) is 16.6 Å². The number of rotatable bonds is 6. The Labute approximate surface area is 147 Å². The molecule has 1 aliphatic heterocycles. The van der Waals surface area contributed by atoms with Crippen molar-refractivity contribution in [2.24, 2.45) is 0 Å². The van der Waals surface area contributed by atoms with Crippen molar-refractivity contribution in [1.82, 2.24) is 4.90 Å². The molecular weight excluding hydrogens is 371 g/mol. The van der Waals surface area contributed by atoms with Crippen LogP contribution in [0, 0.1) is 5.82 Å². The number of anilines is 1. The highest BCUT2D eigenvalue weighted by Crippen LogP contribution is 2.20. The van der Waals surface area contributed by atoms with Crippen molar-refractivity contribution in [2.75, 3.05) is 35.7 Å². The van der Waals surface area contributed by atoms with Gasteiger partial charge in [-0.05, 0) is 24.6 Å². The Morgan fingerprint density at radius 2 is 2.04 bits per heavy atom. The molecule has 1 aliphatic rings. The maximum atomic E-state index is 13.4. The third-order valence-electron chi connectivity index (χ3n) is 4.17. The largest absolute Gasteiger partial charge is 0.342 e. The van der Waals surface area contributed by atoms with E-state index in [4.69, 9.17) is 0 Å². The van der Waals surface area contributed by atoms with Gasteiger partial charge in [-0.2, -0.15) is 0 Å². The van der Waals surface area contributed by atoms with Crippen molar-refractivity contribution in [3.8, 4) is 0 Å². The second kappa shape index (κ2) is 7.28. The number of carbonyl (C=O) groups excluding carboxylic acids is 1. The van der Waals surface area contributed by atoms with Crippen molar-refractivity contribution in [3.63, 3.8) is 0 Å². The first-order valence-corrected chi connectivity index (χ1v) is 11.4. The second-order valence-corrected chi connectivity index (χ2v) is 10.3. The van der Waals surface area contributed by atoms with Gasteiger partial charge in [0, 0.05) is 26.1 Å². The summed E-state index contributed by atoms with van der Waals surface area (Å²) in [5.74, 6) is -0.957. The van der Waals surface area contributed by atoms with Crippen LogP contribution in [0.25, 0.3) is 0 Å². The van der Waals surface area contributed by atoms with Crippen LogP contribution in [0.4, 0.5) is 10.1 Å². The minimum Gasteiger partial charge on any atom is -0.342 e. The summed E-state index contributed by atoms with van der Waals surface area (Å²) < 4.78 is 61.3. The number of carbonyl (C=O) groups is 1. The van der Waals surface area contributed by atoms with Gasteiger partial charge in [-0.1, -0.05) is 6.07 Å². The Bertz CT molecular complexity index is 854. The molecule has 0 N–H and O–H groups in total. The molecular formula is C15H21FN2O5S2. The van der Waals surface area contributed by atoms with Crippen LogP contribution in [0.5, 0.6) is 0 Å². The van der Waals surface area contributed by atoms with Crippen molar-refractivity contribution in [1.29, 1.82) is 0 Å². The molecule has 1 unspecified atom stereocenters. The van der Waals surface area contributed by atoms with E-state index in [-0.39, 0.29) is 36.1 Å². The van der Waals surface area contributed by atoms with Crippen molar-refractivity contribution >= 4 is 31.5 Å². The van der Waals surface area contributed by atoms with E-state index in [1.54, 1.807) is 0 Å². The number of hydrogen-bond acceptors (Lipinski definition) is 5. The Balaban J connectivity index is 2.07. The molecule has 0 spiro atoms. The molecule has 0 aliphatic carbocycles. The lowest BCUT2D eigenvalue weighted by Crippen LogP contribution is -2.40. The van der Waals surface area contributed by atoms with Crippen LogP contribution >= 0.6 is 0 Å². The average Bonchev–Trinajstić information content (AvgIpc) is 2.85. The second-order valence-electron chi connectivity index (χ2n) is 6.13. The standard InChI is InChI=1S/C15H21FN2O5S2/c1-17(14-7-9-25(22,23)11-14)15(19)6-8-18(24(2,20)21)13-5-3-4-12(16)10-13/h3-5,10,14H,6-9,11H2,1-2H3. The number of nitrogens with zero attached hydrogens (tertiary/aromatic N) is 2. The fraction of sp³-hybridized carbons (Fsp3) is 0.533. The van der Waals surface area contributed by atoms with E-state index in [1.165, 1.54) is 30.1 Å². The molecule has 1 amide bonds. The van der Waals surface area contributed by atoms with Gasteiger partial charge in [-0.25, -0.2) is 21.2 Å². The summed E-state index contributed by atoms with van der Waals surface area (Å²) >= 11 is 0. The minimum absolute atomic E-state index is 0.0496. The zero-order chi connectivity index (χ0) is 18.8. The number of sulfone groups is 1. The van der Waals surface area contributed by atoms with Crippen LogP contribution in [0.3, 0.4) is 0 Å². The van der Waals surface area contributed by atoms with Gasteiger partial charge in [0.15, 0.2) is 9.84 Å². The highest BCUT2D eigenvalue weighted by Gasteiger charge is 2.33. The Hall–Kier alpha value is -1.68. The van der Waals surface area contributed by atoms with Gasteiger partial charge in [0.05, 0.1) is 23.4 Å². The summed E-state index contributed by atoms with van der Waals surface area (Å²) in [7, 11) is -5.30. The normalized spacial score (nSPS) is 19.6. The van der Waals surface area contributed by atoms with E-state index in [1.807, 2.05) is 0 Å². The van der Waals surface area contributed by atoms with Crippen LogP contribution in [-0.2, 0) is 24.7 Å². The van der Waals surface area contributed by atoms with E-state index >= 15 is 0 Å². The van der Waals surface area contributed by atoms with Crippen molar-refractivity contribution < 1.29 is 26.0 Å². The molecule has 0 aromatic heterocycles. The zero-order valence-electron chi connectivity index (χ0n) is 14.1. The Morgan fingerprint density at radius 1 is 1.36 bits per heavy atom. The average molecular weight is 392 g/mol. The molecule has 1 heterocycles. The van der Waals surface area contributed by atoms with Crippen LogP contribution in [0.2, 0.25) is 0 Å². The fourth-order valence-electron chi connectivity index (χ4n) is 2.78. The molecule has 2 rings (SSSR count). The SMILES string of the molecule is CN(C(=O)CCN(c1cccc(F)c1)S(C)(=O)=O)C1CCS(=O)(=O)C1. The third-order valence-corrected chi connectivity index (χ3v) is 7.12. The van der Waals surface area contributed by atoms with Gasteiger partial charge < -0.3 is 4.90 Å². The van der Waals surface area contributed by atoms with Crippen LogP contribution < -0.4 is 4.31 Å². The monoisotopic (exact) mass is 392 g/mol. The Kier molecular flexibility index (Phi) is 5.72. The van der Waals surface area contributed by atoms with E-state index in [2.05, 4.69) is 0 Å². The molecule has 1 aromatic carbocycles. The number of sulfonamides is 1. The van der Waals surface area contributed by atoms with Gasteiger partial charge in [0.2, 0.25) is 15.9 Å². The smallest absolute Gasteiger partial charge is 0.232 e. The number of hydrogen-bond donors (Lipinski definition) is 0. The van der Waals surface area contributed by atoms with E-state index in [0.29, 0.717) is 6.42 Å². The molecule has 0 radical (unpaired) electrons. The predicted molar refractivity (Wildman–Crippen MR) is 93.0 cm³/mol. The molecule has 7 nitrogen and oxygen atoms in total. The summed E-state index contributed by atoms with van der Waals surface area (Å²) in [6, 6.07) is 4.72. The van der Waals surface area contributed by atoms with Gasteiger partial charge in [0.1, 0.15) is 5.82 Å². The first kappa shape index (κ1) is 19.6. The highest BCUT2D eigenvalue weighted by molar-refractivity contribution is 7.92. The van der Waals surface area contributed by atoms with E-state index in [9.17, 15) is 26.0 Å². The van der Waals surface area contributed by atoms with Crippen LogP contribution in [0.1, 0.15) is 12.8 Å². The van der Waals surface area contributed by atoms with Crippen LogP contribution in [-0.4, -0.2) is 65.0 Å². The van der Waals surface area contributed by atoms with Gasteiger partial charge in [0.25, 0.3) is 0 Å². The lowest BCUT2D eigenvalue weighted by Gasteiger charge is -2.26. The lowest BCUT2D eigenvalue weighted by atomic mass is 10.2. The van der Waals surface area contributed by atoms with Crippen LogP contribution in [0.15, 0.2) is 24.3 Å². The lowest BCUT2D eigenvalue weighted by molar-refractivity contribution is -0.131. The minimum atomic E-state index is -3.69. The number of amides is 1. The molecule has 1 atom stereocenters. The quantitative estimate of drug-likeness (QED) is 0.708. The summed E-state index contributed by atoms with van der Waals surface area (Å²) in [6.07, 6.45) is 1.23. The molecule has 1 aromatic rings. The van der Waals surface area contributed by atoms with E-state index < -0.39 is 31.7 Å². The molecule has 140 valence electrons. The highest BCUT2D eigenvalue weighted by atomic mass is 32.2. The summed E-state index contributed by atoms with van der Waals surface area (Å²) in [5, 5.41) is 0. The van der Waals surface area contributed by atoms with Gasteiger partial charge in [-0.15, -0.1) is 0 Å². The molecule has 0 bridgehead atoms. The third kappa shape index (κ3) is 5.15. The first-order chi connectivity index (χ1) is 11.5. The van der Waals surface area contributed by atoms with Gasteiger partial charge in [-0.3, -0.25) is 9.10 Å². The molecule has 25 heavy (non-hydrogen) atoms.